The molecule has 5 rings (SSSR count). The third-order valence-electron chi connectivity index (χ3n) is 5.27. The van der Waals surface area contributed by atoms with Crippen molar-refractivity contribution in [3.8, 4) is 22.9 Å². The van der Waals surface area contributed by atoms with Gasteiger partial charge >= 0.3 is 0 Å². The molecule has 2 aromatic carbocycles. The number of pyridine rings is 2. The highest BCUT2D eigenvalue weighted by Gasteiger charge is 2.20. The SMILES string of the molecule is Cc1[nH]nc2cc(-c3ccc(NS(=O)(=O)c4cc(F)ccc4F)cc3)nc(Oc3ccc(=O)[nH]c3)c12. The highest BCUT2D eigenvalue weighted by Crippen LogP contribution is 2.33. The van der Waals surface area contributed by atoms with Gasteiger partial charge in [0.25, 0.3) is 10.0 Å². The second kappa shape index (κ2) is 8.89. The Balaban J connectivity index is 1.47. The lowest BCUT2D eigenvalue weighted by molar-refractivity contribution is 0.467. The van der Waals surface area contributed by atoms with Gasteiger partial charge in [0.1, 0.15) is 22.3 Å². The molecule has 0 amide bonds. The minimum Gasteiger partial charge on any atom is -0.437 e. The third kappa shape index (κ3) is 4.53. The summed E-state index contributed by atoms with van der Waals surface area (Å²) in [6.07, 6.45) is 1.42. The number of fused-ring (bicyclic) bond motifs is 1. The van der Waals surface area contributed by atoms with Crippen LogP contribution in [0.25, 0.3) is 22.2 Å². The molecule has 9 nitrogen and oxygen atoms in total. The second-order valence-electron chi connectivity index (χ2n) is 7.80. The summed E-state index contributed by atoms with van der Waals surface area (Å²) in [5.74, 6) is -1.31. The number of aromatic amines is 2. The predicted octanol–water partition coefficient (Wildman–Crippen LogP) is 4.49. The van der Waals surface area contributed by atoms with Gasteiger partial charge in [0, 0.05) is 29.2 Å². The van der Waals surface area contributed by atoms with E-state index in [2.05, 4.69) is 24.9 Å². The molecular weight excluding hydrogens is 492 g/mol. The van der Waals surface area contributed by atoms with Gasteiger partial charge in [-0.2, -0.15) is 5.10 Å². The van der Waals surface area contributed by atoms with E-state index < -0.39 is 26.6 Å². The quantitative estimate of drug-likeness (QED) is 0.309. The first-order valence-corrected chi connectivity index (χ1v) is 12.0. The van der Waals surface area contributed by atoms with Crippen molar-refractivity contribution in [1.29, 1.82) is 0 Å². The van der Waals surface area contributed by atoms with E-state index in [1.165, 1.54) is 30.5 Å². The zero-order valence-electron chi connectivity index (χ0n) is 18.5. The third-order valence-corrected chi connectivity index (χ3v) is 6.67. The van der Waals surface area contributed by atoms with Crippen LogP contribution >= 0.6 is 0 Å². The number of hydrogen-bond acceptors (Lipinski definition) is 6. The maximum absolute atomic E-state index is 14.0. The highest BCUT2D eigenvalue weighted by molar-refractivity contribution is 7.92. The summed E-state index contributed by atoms with van der Waals surface area (Å²) in [5, 5.41) is 7.82. The number of hydrogen-bond donors (Lipinski definition) is 3. The zero-order valence-corrected chi connectivity index (χ0v) is 19.4. The summed E-state index contributed by atoms with van der Waals surface area (Å²) in [5.41, 5.74) is 2.29. The Morgan fingerprint density at radius 3 is 2.50 bits per heavy atom. The number of sulfonamides is 1. The lowest BCUT2D eigenvalue weighted by atomic mass is 10.1. The number of rotatable bonds is 6. The van der Waals surface area contributed by atoms with Crippen LogP contribution in [0.4, 0.5) is 14.5 Å². The number of H-pyrrole nitrogens is 2. The summed E-state index contributed by atoms with van der Waals surface area (Å²) < 4.78 is 60.6. The Bertz CT molecular complexity index is 1750. The Morgan fingerprint density at radius 1 is 1.00 bits per heavy atom. The summed E-state index contributed by atoms with van der Waals surface area (Å²) in [6.45, 7) is 1.82. The van der Waals surface area contributed by atoms with Crippen molar-refractivity contribution in [3.05, 3.63) is 94.5 Å². The zero-order chi connectivity index (χ0) is 25.4. The van der Waals surface area contributed by atoms with Crippen LogP contribution in [0.5, 0.6) is 11.6 Å². The maximum Gasteiger partial charge on any atom is 0.264 e. The van der Waals surface area contributed by atoms with Crippen LogP contribution in [0.1, 0.15) is 5.69 Å². The van der Waals surface area contributed by atoms with E-state index >= 15 is 0 Å². The van der Waals surface area contributed by atoms with Crippen LogP contribution in [0.2, 0.25) is 0 Å². The number of anilines is 1. The highest BCUT2D eigenvalue weighted by atomic mass is 32.2. The van der Waals surface area contributed by atoms with Crippen molar-refractivity contribution in [2.24, 2.45) is 0 Å². The molecule has 0 fully saturated rings. The van der Waals surface area contributed by atoms with Gasteiger partial charge in [-0.3, -0.25) is 14.6 Å². The van der Waals surface area contributed by atoms with E-state index in [4.69, 9.17) is 4.74 Å². The minimum absolute atomic E-state index is 0.142. The second-order valence-corrected chi connectivity index (χ2v) is 9.45. The van der Waals surface area contributed by atoms with Crippen molar-refractivity contribution in [2.45, 2.75) is 11.8 Å². The fraction of sp³-hybridized carbons (Fsp3) is 0.0417. The van der Waals surface area contributed by atoms with E-state index in [0.29, 0.717) is 34.0 Å². The molecule has 5 aromatic rings. The Labute approximate surface area is 202 Å². The van der Waals surface area contributed by atoms with Gasteiger partial charge in [0.05, 0.1) is 16.6 Å². The first-order valence-electron chi connectivity index (χ1n) is 10.5. The number of halogens is 2. The van der Waals surface area contributed by atoms with E-state index in [1.54, 1.807) is 18.2 Å². The first kappa shape index (κ1) is 23.2. The van der Waals surface area contributed by atoms with Gasteiger partial charge in [-0.15, -0.1) is 0 Å². The van der Waals surface area contributed by atoms with Gasteiger partial charge in [-0.25, -0.2) is 22.2 Å². The average molecular weight is 509 g/mol. The van der Waals surface area contributed by atoms with Gasteiger partial charge in [0.2, 0.25) is 11.4 Å². The Hall–Kier alpha value is -4.58. The maximum atomic E-state index is 14.0. The van der Waals surface area contributed by atoms with E-state index in [0.717, 1.165) is 17.8 Å². The molecule has 3 N–H and O–H groups in total. The summed E-state index contributed by atoms with van der Waals surface area (Å²) in [6, 6.07) is 12.9. The molecule has 3 aromatic heterocycles. The molecule has 0 saturated heterocycles. The normalized spacial score (nSPS) is 11.5. The van der Waals surface area contributed by atoms with Crippen LogP contribution in [-0.4, -0.2) is 28.6 Å². The molecule has 3 heterocycles. The van der Waals surface area contributed by atoms with Crippen LogP contribution in [0.3, 0.4) is 0 Å². The molecular formula is C24H17F2N5O4S. The molecule has 36 heavy (non-hydrogen) atoms. The van der Waals surface area contributed by atoms with Crippen molar-refractivity contribution >= 4 is 26.6 Å². The topological polar surface area (TPSA) is 130 Å². The van der Waals surface area contributed by atoms with Crippen molar-refractivity contribution < 1.29 is 21.9 Å². The molecule has 0 radical (unpaired) electrons. The van der Waals surface area contributed by atoms with Crippen LogP contribution in [0.15, 0.2) is 76.6 Å². The molecule has 0 unspecified atom stereocenters. The van der Waals surface area contributed by atoms with Crippen molar-refractivity contribution in [2.75, 3.05) is 4.72 Å². The average Bonchev–Trinajstić information content (AvgIpc) is 3.23. The fourth-order valence-electron chi connectivity index (χ4n) is 3.54. The fourth-order valence-corrected chi connectivity index (χ4v) is 4.69. The molecule has 0 atom stereocenters. The van der Waals surface area contributed by atoms with E-state index in [1.807, 2.05) is 6.92 Å². The predicted molar refractivity (Wildman–Crippen MR) is 128 cm³/mol. The number of nitrogens with zero attached hydrogens (tertiary/aromatic N) is 2. The van der Waals surface area contributed by atoms with Gasteiger partial charge in [-0.05, 0) is 49.4 Å². The van der Waals surface area contributed by atoms with Crippen LogP contribution in [0, 0.1) is 18.6 Å². The Morgan fingerprint density at radius 2 is 1.78 bits per heavy atom. The number of benzene rings is 2. The number of nitrogens with one attached hydrogen (secondary N) is 3. The monoisotopic (exact) mass is 509 g/mol. The lowest BCUT2D eigenvalue weighted by Gasteiger charge is -2.11. The number of aryl methyl sites for hydroxylation is 1. The molecule has 0 spiro atoms. The van der Waals surface area contributed by atoms with Gasteiger partial charge in [-0.1, -0.05) is 12.1 Å². The van der Waals surface area contributed by atoms with Crippen LogP contribution in [-0.2, 0) is 10.0 Å². The molecule has 0 aliphatic carbocycles. The molecule has 0 aliphatic rings. The van der Waals surface area contributed by atoms with Gasteiger partial charge < -0.3 is 9.72 Å². The smallest absolute Gasteiger partial charge is 0.264 e. The molecule has 182 valence electrons. The molecule has 0 saturated carbocycles. The van der Waals surface area contributed by atoms with Crippen molar-refractivity contribution in [1.82, 2.24) is 20.2 Å². The lowest BCUT2D eigenvalue weighted by Crippen LogP contribution is -2.14. The molecule has 0 aliphatic heterocycles. The van der Waals surface area contributed by atoms with E-state index in [-0.39, 0.29) is 17.1 Å². The minimum atomic E-state index is -4.35. The van der Waals surface area contributed by atoms with E-state index in [9.17, 15) is 22.0 Å². The molecule has 0 bridgehead atoms. The van der Waals surface area contributed by atoms with Crippen molar-refractivity contribution in [3.63, 3.8) is 0 Å². The standard InChI is InChI=1S/C24H17F2N5O4S/c1-13-23-20(30-29-13)11-19(28-24(23)35-17-7-9-22(32)27-12-17)14-2-5-16(6-3-14)31-36(33,34)21-10-15(25)4-8-18(21)26/h2-12,31H,1H3,(H,27,32)(H,29,30). The summed E-state index contributed by atoms with van der Waals surface area (Å²) >= 11 is 0. The summed E-state index contributed by atoms with van der Waals surface area (Å²) in [4.78, 5) is 17.7. The largest absolute Gasteiger partial charge is 0.437 e. The molecule has 12 heteroatoms. The summed E-state index contributed by atoms with van der Waals surface area (Å²) in [7, 11) is -4.35. The van der Waals surface area contributed by atoms with Gasteiger partial charge in [0.15, 0.2) is 0 Å². The Kier molecular flexibility index (Phi) is 5.72. The first-order chi connectivity index (χ1) is 17.2. The van der Waals surface area contributed by atoms with Crippen LogP contribution < -0.4 is 15.0 Å². The number of ether oxygens (including phenoxy) is 1. The number of aromatic nitrogens is 4.